The molecule has 2 aromatic carbocycles. The Hall–Kier alpha value is -2.33. The summed E-state index contributed by atoms with van der Waals surface area (Å²) in [4.78, 5) is 0. The molecule has 0 spiro atoms. The Morgan fingerprint density at radius 3 is 2.40 bits per heavy atom. The van der Waals surface area contributed by atoms with Crippen LogP contribution in [0.4, 0.5) is 0 Å². The van der Waals surface area contributed by atoms with Crippen LogP contribution in [0.5, 0.6) is 0 Å². The molecule has 0 heterocycles. The van der Waals surface area contributed by atoms with E-state index in [1.807, 2.05) is 24.3 Å². The summed E-state index contributed by atoms with van der Waals surface area (Å²) in [5.74, 6) is 0. The molecule has 0 bridgehead atoms. The van der Waals surface area contributed by atoms with Crippen LogP contribution in [-0.2, 0) is 13.1 Å². The van der Waals surface area contributed by atoms with Gasteiger partial charge in [0.05, 0.1) is 23.3 Å². The summed E-state index contributed by atoms with van der Waals surface area (Å²) < 4.78 is 0. The van der Waals surface area contributed by atoms with Crippen LogP contribution in [0.25, 0.3) is 0 Å². The average Bonchev–Trinajstić information content (AvgIpc) is 2.49. The van der Waals surface area contributed by atoms with E-state index in [1.54, 1.807) is 18.2 Å². The topological polar surface area (TPSA) is 59.6 Å². The van der Waals surface area contributed by atoms with Crippen molar-refractivity contribution >= 4 is 11.6 Å². The second-order valence-corrected chi connectivity index (χ2v) is 4.74. The fourth-order valence-electron chi connectivity index (χ4n) is 1.85. The highest BCUT2D eigenvalue weighted by Gasteiger charge is 2.02. The van der Waals surface area contributed by atoms with Crippen molar-refractivity contribution < 1.29 is 0 Å². The number of nitrogens with one attached hydrogen (secondary N) is 1. The number of hydrogen-bond donors (Lipinski definition) is 1. The molecule has 0 aliphatic heterocycles. The normalized spacial score (nSPS) is 9.75. The number of hydrogen-bond acceptors (Lipinski definition) is 3. The summed E-state index contributed by atoms with van der Waals surface area (Å²) in [6.07, 6.45) is 0. The van der Waals surface area contributed by atoms with Gasteiger partial charge in [-0.05, 0) is 35.4 Å². The predicted octanol–water partition coefficient (Wildman–Crippen LogP) is 3.37. The first kappa shape index (κ1) is 14.1. The van der Waals surface area contributed by atoms with Gasteiger partial charge in [-0.15, -0.1) is 0 Å². The van der Waals surface area contributed by atoms with Gasteiger partial charge >= 0.3 is 0 Å². The van der Waals surface area contributed by atoms with Crippen molar-refractivity contribution in [3.8, 4) is 12.1 Å². The van der Waals surface area contributed by atoms with Crippen molar-refractivity contribution in [1.82, 2.24) is 5.32 Å². The monoisotopic (exact) mass is 281 g/mol. The van der Waals surface area contributed by atoms with Gasteiger partial charge in [-0.2, -0.15) is 10.5 Å². The Kier molecular flexibility index (Phi) is 4.74. The standard InChI is InChI=1S/C16H12ClN3/c17-16-7-13(9-19)4-5-15(16)11-20-10-14-3-1-2-12(6-14)8-18/h1-7,20H,10-11H2. The maximum atomic E-state index is 8.84. The van der Waals surface area contributed by atoms with E-state index in [-0.39, 0.29) is 0 Å². The molecule has 3 nitrogen and oxygen atoms in total. The number of rotatable bonds is 4. The molecular weight excluding hydrogens is 270 g/mol. The molecule has 98 valence electrons. The van der Waals surface area contributed by atoms with Crippen LogP contribution < -0.4 is 5.32 Å². The van der Waals surface area contributed by atoms with Crippen LogP contribution in [-0.4, -0.2) is 0 Å². The molecule has 0 atom stereocenters. The molecule has 0 radical (unpaired) electrons. The molecule has 0 amide bonds. The minimum absolute atomic E-state index is 0.556. The fraction of sp³-hybridized carbons (Fsp3) is 0.125. The SMILES string of the molecule is N#Cc1cccc(CNCc2ccc(C#N)cc2Cl)c1. The molecule has 0 saturated carbocycles. The van der Waals surface area contributed by atoms with Gasteiger partial charge < -0.3 is 5.32 Å². The minimum atomic E-state index is 0.556. The van der Waals surface area contributed by atoms with E-state index in [4.69, 9.17) is 22.1 Å². The lowest BCUT2D eigenvalue weighted by Crippen LogP contribution is -2.13. The van der Waals surface area contributed by atoms with Crippen LogP contribution in [0, 0.1) is 22.7 Å². The Labute approximate surface area is 123 Å². The molecule has 4 heteroatoms. The van der Waals surface area contributed by atoms with Crippen LogP contribution in [0.1, 0.15) is 22.3 Å². The van der Waals surface area contributed by atoms with Gasteiger partial charge in [0.25, 0.3) is 0 Å². The lowest BCUT2D eigenvalue weighted by molar-refractivity contribution is 0.693. The van der Waals surface area contributed by atoms with E-state index >= 15 is 0 Å². The van der Waals surface area contributed by atoms with Gasteiger partial charge in [-0.25, -0.2) is 0 Å². The lowest BCUT2D eigenvalue weighted by Gasteiger charge is -2.07. The highest BCUT2D eigenvalue weighted by Crippen LogP contribution is 2.17. The number of nitriles is 2. The Morgan fingerprint density at radius 1 is 0.950 bits per heavy atom. The van der Waals surface area contributed by atoms with Gasteiger partial charge in [-0.3, -0.25) is 0 Å². The Balaban J connectivity index is 1.96. The summed E-state index contributed by atoms with van der Waals surface area (Å²) in [5, 5.41) is 21.5. The molecule has 0 saturated heterocycles. The van der Waals surface area contributed by atoms with Gasteiger partial charge in [0.15, 0.2) is 0 Å². The van der Waals surface area contributed by atoms with Gasteiger partial charge in [-0.1, -0.05) is 29.8 Å². The van der Waals surface area contributed by atoms with E-state index in [2.05, 4.69) is 17.5 Å². The molecule has 1 N–H and O–H groups in total. The zero-order chi connectivity index (χ0) is 14.4. The van der Waals surface area contributed by atoms with E-state index in [9.17, 15) is 0 Å². The summed E-state index contributed by atoms with van der Waals surface area (Å²) in [7, 11) is 0. The second-order valence-electron chi connectivity index (χ2n) is 4.33. The third kappa shape index (κ3) is 3.59. The molecule has 2 rings (SSSR count). The maximum Gasteiger partial charge on any atom is 0.0992 e. The zero-order valence-corrected chi connectivity index (χ0v) is 11.5. The smallest absolute Gasteiger partial charge is 0.0992 e. The summed E-state index contributed by atoms with van der Waals surface area (Å²) >= 11 is 6.10. The summed E-state index contributed by atoms with van der Waals surface area (Å²) in [6.45, 7) is 1.27. The predicted molar refractivity (Wildman–Crippen MR) is 77.9 cm³/mol. The van der Waals surface area contributed by atoms with E-state index in [0.29, 0.717) is 29.2 Å². The zero-order valence-electron chi connectivity index (χ0n) is 10.7. The second kappa shape index (κ2) is 6.73. The first-order valence-electron chi connectivity index (χ1n) is 6.11. The van der Waals surface area contributed by atoms with Crippen LogP contribution in [0.2, 0.25) is 5.02 Å². The molecule has 2 aromatic rings. The Morgan fingerprint density at radius 2 is 1.70 bits per heavy atom. The van der Waals surface area contributed by atoms with E-state index in [1.165, 1.54) is 0 Å². The quantitative estimate of drug-likeness (QED) is 0.935. The first-order valence-corrected chi connectivity index (χ1v) is 6.49. The van der Waals surface area contributed by atoms with Crippen molar-refractivity contribution in [2.75, 3.05) is 0 Å². The Bertz CT molecular complexity index is 696. The molecule has 0 unspecified atom stereocenters. The van der Waals surface area contributed by atoms with Crippen molar-refractivity contribution in [3.05, 3.63) is 69.7 Å². The maximum absolute atomic E-state index is 8.84. The van der Waals surface area contributed by atoms with Crippen LogP contribution in [0.3, 0.4) is 0 Å². The van der Waals surface area contributed by atoms with Crippen molar-refractivity contribution in [1.29, 1.82) is 10.5 Å². The van der Waals surface area contributed by atoms with Crippen molar-refractivity contribution in [2.24, 2.45) is 0 Å². The van der Waals surface area contributed by atoms with Crippen LogP contribution >= 0.6 is 11.6 Å². The van der Waals surface area contributed by atoms with Crippen LogP contribution in [0.15, 0.2) is 42.5 Å². The van der Waals surface area contributed by atoms with Crippen molar-refractivity contribution in [3.63, 3.8) is 0 Å². The number of nitrogens with zero attached hydrogens (tertiary/aromatic N) is 2. The minimum Gasteiger partial charge on any atom is -0.309 e. The highest BCUT2D eigenvalue weighted by atomic mass is 35.5. The molecule has 0 aliphatic rings. The third-order valence-electron chi connectivity index (χ3n) is 2.88. The average molecular weight is 282 g/mol. The number of halogens is 1. The summed E-state index contributed by atoms with van der Waals surface area (Å²) in [6, 6.07) is 16.9. The lowest BCUT2D eigenvalue weighted by atomic mass is 10.1. The molecular formula is C16H12ClN3. The molecule has 20 heavy (non-hydrogen) atoms. The highest BCUT2D eigenvalue weighted by molar-refractivity contribution is 6.31. The van der Waals surface area contributed by atoms with Gasteiger partial charge in [0.1, 0.15) is 0 Å². The van der Waals surface area contributed by atoms with Crippen molar-refractivity contribution in [2.45, 2.75) is 13.1 Å². The van der Waals surface area contributed by atoms with Gasteiger partial charge in [0, 0.05) is 18.1 Å². The molecule has 0 fully saturated rings. The molecule has 0 aliphatic carbocycles. The summed E-state index contributed by atoms with van der Waals surface area (Å²) in [5.41, 5.74) is 3.21. The van der Waals surface area contributed by atoms with E-state index < -0.39 is 0 Å². The third-order valence-corrected chi connectivity index (χ3v) is 3.23. The van der Waals surface area contributed by atoms with E-state index in [0.717, 1.165) is 11.1 Å². The fourth-order valence-corrected chi connectivity index (χ4v) is 2.10. The first-order chi connectivity index (χ1) is 9.72. The molecule has 0 aromatic heterocycles. The largest absolute Gasteiger partial charge is 0.309 e. The number of benzene rings is 2. The van der Waals surface area contributed by atoms with Gasteiger partial charge in [0.2, 0.25) is 0 Å².